The Morgan fingerprint density at radius 3 is 1.67 bits per heavy atom. The summed E-state index contributed by atoms with van der Waals surface area (Å²) in [6.07, 6.45) is -6.86. The van der Waals surface area contributed by atoms with Crippen molar-refractivity contribution in [1.29, 1.82) is 0 Å². The van der Waals surface area contributed by atoms with Gasteiger partial charge in [-0.15, -0.1) is 0 Å². The van der Waals surface area contributed by atoms with Gasteiger partial charge in [-0.25, -0.2) is 0 Å². The van der Waals surface area contributed by atoms with Crippen LogP contribution in [0.25, 0.3) is 0 Å². The van der Waals surface area contributed by atoms with E-state index in [1.165, 1.54) is 0 Å². The van der Waals surface area contributed by atoms with Crippen LogP contribution in [0.4, 0.5) is 0 Å². The number of primary amides is 1. The summed E-state index contributed by atoms with van der Waals surface area (Å²) in [5.74, 6) is -13.5. The number of benzene rings is 1. The van der Waals surface area contributed by atoms with Gasteiger partial charge in [0.05, 0.1) is 31.4 Å². The lowest BCUT2D eigenvalue weighted by atomic mass is 9.96. The van der Waals surface area contributed by atoms with Crippen molar-refractivity contribution in [1.82, 2.24) is 37.2 Å². The predicted molar refractivity (Wildman–Crippen MR) is 238 cm³/mol. The smallest absolute Gasteiger partial charge is 0.305 e. The molecule has 0 spiro atoms. The molecule has 11 atom stereocenters. The first-order valence-corrected chi connectivity index (χ1v) is 22.1. The molecular formula is C43H65N9O17. The molecule has 1 aliphatic rings. The number of aliphatic hydroxyl groups excluding tert-OH is 2. The molecule has 384 valence electrons. The van der Waals surface area contributed by atoms with E-state index in [1.54, 1.807) is 58.0 Å². The second kappa shape index (κ2) is 27.3. The maximum atomic E-state index is 14.1. The monoisotopic (exact) mass is 979 g/mol. The van der Waals surface area contributed by atoms with Gasteiger partial charge in [0, 0.05) is 19.3 Å². The van der Waals surface area contributed by atoms with Gasteiger partial charge >= 0.3 is 17.9 Å². The van der Waals surface area contributed by atoms with Crippen molar-refractivity contribution < 1.29 is 83.0 Å². The van der Waals surface area contributed by atoms with Crippen molar-refractivity contribution in [3.63, 3.8) is 0 Å². The number of carboxylic acid groups (broad SMARTS) is 3. The van der Waals surface area contributed by atoms with E-state index in [1.807, 2.05) is 0 Å². The summed E-state index contributed by atoms with van der Waals surface area (Å²) in [5, 5.41) is 64.8. The SMILES string of the molecule is CC[C@H](C)[C@H](NC(=O)[C@H](CC(C)C)NC(=O)[C@H](CC(N)=O)NC(=O)[C@@H](NC(=O)[C@@H](N)CC(=O)O)[C@@H](C)O)C(=O)N[C@@H](CCC(=O)O)C(=O)N[C@@H](Cc1ccccc1)C(=O)N[C@]1(CCC(=O)O)O[C@H]1O. The zero-order valence-corrected chi connectivity index (χ0v) is 38.9. The van der Waals surface area contributed by atoms with Crippen LogP contribution in [0, 0.1) is 11.8 Å². The number of ether oxygens (including phenoxy) is 1. The Morgan fingerprint density at radius 1 is 0.652 bits per heavy atom. The summed E-state index contributed by atoms with van der Waals surface area (Å²) in [6.45, 7) is 7.71. The molecule has 26 nitrogen and oxygen atoms in total. The number of nitrogens with one attached hydrogen (secondary N) is 7. The molecule has 16 N–H and O–H groups in total. The Kier molecular flexibility index (Phi) is 23.1. The van der Waals surface area contributed by atoms with E-state index in [4.69, 9.17) is 21.3 Å². The van der Waals surface area contributed by atoms with Crippen molar-refractivity contribution in [3.05, 3.63) is 35.9 Å². The lowest BCUT2D eigenvalue weighted by Crippen LogP contribution is -2.62. The van der Waals surface area contributed by atoms with Gasteiger partial charge in [-0.2, -0.15) is 0 Å². The third-order valence-corrected chi connectivity index (χ3v) is 10.9. The summed E-state index contributed by atoms with van der Waals surface area (Å²) in [7, 11) is 0. The molecule has 1 aromatic rings. The van der Waals surface area contributed by atoms with Gasteiger partial charge in [-0.1, -0.05) is 64.4 Å². The standard InChI is InChI=1S/C43H65N9O17/c1-6-21(4)33(50-38(64)26(16-20(2)3)47-37(63)28(19-29(45)54)49-41(67)34(22(5)53)51-35(61)24(44)18-32(59)60)40(66)46-25(12-13-30(55)56)36(62)48-27(17-23-10-8-7-9-11-23)39(65)52-43(42(68)69-43)15-14-31(57)58/h7-11,20-22,24-28,33-34,42,53,68H,6,12-19,44H2,1-5H3,(H2,45,54)(H,46,66)(H,47,63)(H,48,62)(H,49,67)(H,50,64)(H,51,61)(H,52,65)(H,55,56)(H,57,58)(H,59,60)/t21-,22+,24-,25-,26-,27-,28-,33-,34-,42+,43+/m0/s1. The minimum atomic E-state index is -1.81. The van der Waals surface area contributed by atoms with Gasteiger partial charge in [-0.3, -0.25) is 52.7 Å². The fraction of sp³-hybridized carbons (Fsp3) is 0.605. The number of amides is 8. The second-order valence-corrected chi connectivity index (χ2v) is 17.2. The number of carbonyl (C=O) groups excluding carboxylic acids is 8. The molecule has 1 saturated heterocycles. The molecule has 8 amide bonds. The van der Waals surface area contributed by atoms with Crippen molar-refractivity contribution in [3.8, 4) is 0 Å². The Bertz CT molecular complexity index is 2020. The average Bonchev–Trinajstić information content (AvgIpc) is 3.90. The number of aliphatic hydroxyl groups is 2. The molecule has 69 heavy (non-hydrogen) atoms. The number of epoxide rings is 1. The minimum Gasteiger partial charge on any atom is -0.481 e. The molecule has 1 aromatic carbocycles. The van der Waals surface area contributed by atoms with E-state index in [0.29, 0.717) is 5.56 Å². The van der Waals surface area contributed by atoms with Gasteiger partial charge in [0.15, 0.2) is 5.72 Å². The van der Waals surface area contributed by atoms with Gasteiger partial charge in [-0.05, 0) is 37.2 Å². The van der Waals surface area contributed by atoms with Gasteiger partial charge in [0.2, 0.25) is 53.5 Å². The van der Waals surface area contributed by atoms with E-state index >= 15 is 0 Å². The van der Waals surface area contributed by atoms with Gasteiger partial charge < -0.3 is 79.0 Å². The molecule has 0 aromatic heterocycles. The highest BCUT2D eigenvalue weighted by Gasteiger charge is 2.57. The zero-order chi connectivity index (χ0) is 52.3. The summed E-state index contributed by atoms with van der Waals surface area (Å²) in [4.78, 5) is 141. The van der Waals surface area contributed by atoms with Crippen molar-refractivity contribution in [2.24, 2.45) is 23.3 Å². The van der Waals surface area contributed by atoms with Crippen LogP contribution in [0.5, 0.6) is 0 Å². The van der Waals surface area contributed by atoms with Crippen LogP contribution in [0.15, 0.2) is 30.3 Å². The highest BCUT2D eigenvalue weighted by atomic mass is 16.7. The topological polar surface area (TPSA) is 438 Å². The lowest BCUT2D eigenvalue weighted by molar-refractivity contribution is -0.140. The van der Waals surface area contributed by atoms with Gasteiger partial charge in [0.1, 0.15) is 36.3 Å². The number of carbonyl (C=O) groups is 11. The molecule has 1 heterocycles. The molecular weight excluding hydrogens is 915 g/mol. The third kappa shape index (κ3) is 19.8. The lowest BCUT2D eigenvalue weighted by Gasteiger charge is -2.30. The molecule has 26 heteroatoms. The van der Waals surface area contributed by atoms with E-state index in [0.717, 1.165) is 6.92 Å². The third-order valence-electron chi connectivity index (χ3n) is 10.9. The van der Waals surface area contributed by atoms with Crippen LogP contribution >= 0.6 is 0 Å². The summed E-state index contributed by atoms with van der Waals surface area (Å²) in [5.41, 5.74) is 9.70. The first kappa shape index (κ1) is 58.4. The quantitative estimate of drug-likeness (QED) is 0.0317. The van der Waals surface area contributed by atoms with E-state index in [9.17, 15) is 73.2 Å². The van der Waals surface area contributed by atoms with E-state index in [2.05, 4.69) is 37.2 Å². The largest absolute Gasteiger partial charge is 0.481 e. The first-order chi connectivity index (χ1) is 32.2. The number of rotatable bonds is 31. The van der Waals surface area contributed by atoms with Crippen molar-refractivity contribution in [2.75, 3.05) is 0 Å². The van der Waals surface area contributed by atoms with E-state index < -0.39 is 164 Å². The first-order valence-electron chi connectivity index (χ1n) is 22.1. The average molecular weight is 980 g/mol. The number of carboxylic acids is 3. The molecule has 2 rings (SSSR count). The van der Waals surface area contributed by atoms with Crippen LogP contribution in [-0.4, -0.2) is 151 Å². The molecule has 0 bridgehead atoms. The Balaban J connectivity index is 2.40. The van der Waals surface area contributed by atoms with Gasteiger partial charge in [0.25, 0.3) is 0 Å². The highest BCUT2D eigenvalue weighted by Crippen LogP contribution is 2.36. The Hall–Kier alpha value is -6.77. The fourth-order valence-corrected chi connectivity index (χ4v) is 6.77. The predicted octanol–water partition coefficient (Wildman–Crippen LogP) is -3.82. The molecule has 0 aliphatic carbocycles. The van der Waals surface area contributed by atoms with Crippen LogP contribution in [0.2, 0.25) is 0 Å². The van der Waals surface area contributed by atoms with Crippen LogP contribution < -0.4 is 48.7 Å². The Labute approximate surface area is 396 Å². The van der Waals surface area contributed by atoms with Crippen LogP contribution in [0.1, 0.15) is 91.5 Å². The fourth-order valence-electron chi connectivity index (χ4n) is 6.77. The molecule has 0 saturated carbocycles. The van der Waals surface area contributed by atoms with Crippen molar-refractivity contribution in [2.45, 2.75) is 153 Å². The Morgan fingerprint density at radius 2 is 1.16 bits per heavy atom. The molecule has 1 aliphatic heterocycles. The molecule has 0 radical (unpaired) electrons. The van der Waals surface area contributed by atoms with E-state index in [-0.39, 0.29) is 31.6 Å². The number of nitrogens with two attached hydrogens (primary N) is 2. The minimum absolute atomic E-state index is 0.0916. The number of hydrogen-bond acceptors (Lipinski definition) is 15. The van der Waals surface area contributed by atoms with Crippen molar-refractivity contribution >= 4 is 65.2 Å². The number of hydrogen-bond donors (Lipinski definition) is 14. The normalized spacial score (nSPS) is 19.0. The van der Waals surface area contributed by atoms with Crippen LogP contribution in [-0.2, 0) is 63.9 Å². The summed E-state index contributed by atoms with van der Waals surface area (Å²) < 4.78 is 5.12. The summed E-state index contributed by atoms with van der Waals surface area (Å²) >= 11 is 0. The van der Waals surface area contributed by atoms with Crippen LogP contribution in [0.3, 0.4) is 0 Å². The zero-order valence-electron chi connectivity index (χ0n) is 38.9. The summed E-state index contributed by atoms with van der Waals surface area (Å²) in [6, 6.07) is -2.97. The maximum Gasteiger partial charge on any atom is 0.305 e. The molecule has 1 fully saturated rings. The number of aliphatic carboxylic acids is 3. The molecule has 0 unspecified atom stereocenters. The highest BCUT2D eigenvalue weighted by molar-refractivity contribution is 5.99. The maximum absolute atomic E-state index is 14.1. The second-order valence-electron chi connectivity index (χ2n) is 17.2.